The van der Waals surface area contributed by atoms with Gasteiger partial charge < -0.3 is 19.8 Å². The number of benzene rings is 2. The minimum atomic E-state index is -0.633. The van der Waals surface area contributed by atoms with Gasteiger partial charge in [0.1, 0.15) is 0 Å². The Hall–Kier alpha value is -3.28. The fourth-order valence-corrected chi connectivity index (χ4v) is 3.18. The zero-order valence-corrected chi connectivity index (χ0v) is 15.0. The molecule has 0 spiro atoms. The van der Waals surface area contributed by atoms with Gasteiger partial charge in [0.25, 0.3) is 11.7 Å². The van der Waals surface area contributed by atoms with Gasteiger partial charge in [0.2, 0.25) is 0 Å². The van der Waals surface area contributed by atoms with Gasteiger partial charge in [-0.25, -0.2) is 0 Å². The molecule has 0 bridgehead atoms. The quantitative estimate of drug-likeness (QED) is 0.551. The van der Waals surface area contributed by atoms with Gasteiger partial charge in [-0.2, -0.15) is 0 Å². The maximum absolute atomic E-state index is 12.5. The summed E-state index contributed by atoms with van der Waals surface area (Å²) in [5.41, 5.74) is 3.06. The summed E-state index contributed by atoms with van der Waals surface area (Å²) >= 11 is 0. The molecule has 27 heavy (non-hydrogen) atoms. The third-order valence-electron chi connectivity index (χ3n) is 4.69. The topological polar surface area (TPSA) is 80.4 Å². The van der Waals surface area contributed by atoms with Crippen molar-refractivity contribution in [3.63, 3.8) is 0 Å². The van der Waals surface area contributed by atoms with Crippen molar-refractivity contribution in [2.45, 2.75) is 19.9 Å². The number of Topliss-reactive ketones (excluding diaryl/α,β-unsaturated/α-hetero) is 1. The number of ketones is 1. The monoisotopic (exact) mass is 364 g/mol. The van der Waals surface area contributed by atoms with Crippen molar-refractivity contribution in [1.29, 1.82) is 0 Å². The Morgan fingerprint density at radius 1 is 1.11 bits per heavy atom. The molecule has 2 aromatic carbocycles. The summed E-state index contributed by atoms with van der Waals surface area (Å²) < 4.78 is 11.4. The molecular weight excluding hydrogens is 344 g/mol. The zero-order valence-electron chi connectivity index (χ0n) is 15.0. The van der Waals surface area contributed by atoms with Gasteiger partial charge in [-0.05, 0) is 36.2 Å². The lowest BCUT2D eigenvalue weighted by Gasteiger charge is -2.13. The molecule has 0 aliphatic carbocycles. The smallest absolute Gasteiger partial charge is 0.292 e. The summed E-state index contributed by atoms with van der Waals surface area (Å²) in [7, 11) is 0. The molecule has 6 heteroatoms. The minimum Gasteiger partial charge on any atom is -0.490 e. The Kier molecular flexibility index (Phi) is 4.54. The van der Waals surface area contributed by atoms with Gasteiger partial charge in [0, 0.05) is 30.1 Å². The van der Waals surface area contributed by atoms with E-state index in [1.165, 1.54) is 0 Å². The summed E-state index contributed by atoms with van der Waals surface area (Å²) in [4.78, 5) is 27.9. The Labute approximate surface area is 156 Å². The molecule has 4 rings (SSSR count). The highest BCUT2D eigenvalue weighted by Crippen LogP contribution is 2.32. The largest absolute Gasteiger partial charge is 0.490 e. The highest BCUT2D eigenvalue weighted by Gasteiger charge is 2.20. The number of hydrogen-bond donors (Lipinski definition) is 2. The van der Waals surface area contributed by atoms with Crippen LogP contribution in [-0.4, -0.2) is 29.9 Å². The highest BCUT2D eigenvalue weighted by molar-refractivity contribution is 6.44. The lowest BCUT2D eigenvalue weighted by Crippen LogP contribution is -2.30. The predicted molar refractivity (Wildman–Crippen MR) is 101 cm³/mol. The first-order valence-corrected chi connectivity index (χ1v) is 8.91. The summed E-state index contributed by atoms with van der Waals surface area (Å²) in [6, 6.07) is 11.2. The molecule has 0 saturated carbocycles. The second-order valence-electron chi connectivity index (χ2n) is 6.54. The molecule has 1 aliphatic heterocycles. The molecule has 0 atom stereocenters. The summed E-state index contributed by atoms with van der Waals surface area (Å²) in [5.74, 6) is 0.200. The standard InChI is InChI=1S/C21H20N2O4/c1-13-9-18-19(27-8-4-7-26-18)10-14(13)11-23-21(25)20(24)16-12-22-17-6-3-2-5-15(16)17/h2-3,5-6,9-10,12,22H,4,7-8,11H2,1H3,(H,23,25). The number of carbonyl (C=O) groups is 2. The normalized spacial score (nSPS) is 13.2. The number of H-pyrrole nitrogens is 1. The molecule has 1 amide bonds. The second kappa shape index (κ2) is 7.15. The average molecular weight is 364 g/mol. The Morgan fingerprint density at radius 3 is 2.67 bits per heavy atom. The lowest BCUT2D eigenvalue weighted by molar-refractivity contribution is -0.117. The number of nitrogens with one attached hydrogen (secondary N) is 2. The van der Waals surface area contributed by atoms with Crippen molar-refractivity contribution in [1.82, 2.24) is 10.3 Å². The van der Waals surface area contributed by atoms with E-state index in [1.54, 1.807) is 6.20 Å². The summed E-state index contributed by atoms with van der Waals surface area (Å²) in [6.07, 6.45) is 2.41. The van der Waals surface area contributed by atoms with Gasteiger partial charge >= 0.3 is 0 Å². The molecular formula is C21H20N2O4. The number of aromatic nitrogens is 1. The van der Waals surface area contributed by atoms with Crippen molar-refractivity contribution < 1.29 is 19.1 Å². The Balaban J connectivity index is 1.49. The zero-order chi connectivity index (χ0) is 18.8. The molecule has 138 valence electrons. The lowest BCUT2D eigenvalue weighted by atomic mass is 10.1. The van der Waals surface area contributed by atoms with Crippen LogP contribution in [0.25, 0.3) is 10.9 Å². The SMILES string of the molecule is Cc1cc2c(cc1CNC(=O)C(=O)c1c[nH]c3ccccc13)OCCCO2. The molecule has 0 fully saturated rings. The highest BCUT2D eigenvalue weighted by atomic mass is 16.5. The van der Waals surface area contributed by atoms with E-state index < -0.39 is 11.7 Å². The maximum atomic E-state index is 12.5. The first-order valence-electron chi connectivity index (χ1n) is 8.91. The van der Waals surface area contributed by atoms with E-state index in [1.807, 2.05) is 43.3 Å². The first-order chi connectivity index (χ1) is 13.1. The van der Waals surface area contributed by atoms with Crippen molar-refractivity contribution in [2.24, 2.45) is 0 Å². The number of ether oxygens (including phenoxy) is 2. The fourth-order valence-electron chi connectivity index (χ4n) is 3.18. The van der Waals surface area contributed by atoms with Gasteiger partial charge in [-0.3, -0.25) is 9.59 Å². The molecule has 1 aromatic heterocycles. The van der Waals surface area contributed by atoms with E-state index in [9.17, 15) is 9.59 Å². The summed E-state index contributed by atoms with van der Waals surface area (Å²) in [5, 5.41) is 3.46. The number of aromatic amines is 1. The van der Waals surface area contributed by atoms with Crippen LogP contribution >= 0.6 is 0 Å². The molecule has 0 saturated heterocycles. The third-order valence-corrected chi connectivity index (χ3v) is 4.69. The van der Waals surface area contributed by atoms with Gasteiger partial charge in [0.05, 0.1) is 18.8 Å². The molecule has 2 heterocycles. The van der Waals surface area contributed by atoms with Crippen LogP contribution in [0.2, 0.25) is 0 Å². The van der Waals surface area contributed by atoms with Crippen LogP contribution < -0.4 is 14.8 Å². The summed E-state index contributed by atoms with van der Waals surface area (Å²) in [6.45, 7) is 3.41. The third kappa shape index (κ3) is 3.38. The number of para-hydroxylation sites is 1. The van der Waals surface area contributed by atoms with E-state index in [0.717, 1.165) is 34.2 Å². The van der Waals surface area contributed by atoms with Crippen LogP contribution in [0.3, 0.4) is 0 Å². The number of rotatable bonds is 4. The van der Waals surface area contributed by atoms with Crippen LogP contribution in [-0.2, 0) is 11.3 Å². The number of fused-ring (bicyclic) bond motifs is 2. The molecule has 1 aliphatic rings. The van der Waals surface area contributed by atoms with Crippen molar-refractivity contribution in [3.05, 3.63) is 59.3 Å². The fraction of sp³-hybridized carbons (Fsp3) is 0.238. The second-order valence-corrected chi connectivity index (χ2v) is 6.54. The van der Waals surface area contributed by atoms with Gasteiger partial charge in [0.15, 0.2) is 11.5 Å². The van der Waals surface area contributed by atoms with E-state index in [0.29, 0.717) is 24.5 Å². The molecule has 0 unspecified atom stereocenters. The predicted octanol–water partition coefficient (Wildman–Crippen LogP) is 3.14. The van der Waals surface area contributed by atoms with Gasteiger partial charge in [-0.1, -0.05) is 18.2 Å². The number of amides is 1. The number of aryl methyl sites for hydroxylation is 1. The van der Waals surface area contributed by atoms with E-state index in [-0.39, 0.29) is 6.54 Å². The van der Waals surface area contributed by atoms with E-state index >= 15 is 0 Å². The average Bonchev–Trinajstić information content (AvgIpc) is 2.98. The van der Waals surface area contributed by atoms with Crippen LogP contribution in [0.15, 0.2) is 42.6 Å². The van der Waals surface area contributed by atoms with Crippen LogP contribution in [0.1, 0.15) is 27.9 Å². The Morgan fingerprint density at radius 2 is 1.85 bits per heavy atom. The maximum Gasteiger partial charge on any atom is 0.292 e. The van der Waals surface area contributed by atoms with Crippen molar-refractivity contribution in [2.75, 3.05) is 13.2 Å². The van der Waals surface area contributed by atoms with Crippen molar-refractivity contribution >= 4 is 22.6 Å². The van der Waals surface area contributed by atoms with E-state index in [2.05, 4.69) is 10.3 Å². The molecule has 6 nitrogen and oxygen atoms in total. The van der Waals surface area contributed by atoms with Crippen LogP contribution in [0.5, 0.6) is 11.5 Å². The number of carbonyl (C=O) groups excluding carboxylic acids is 2. The molecule has 3 aromatic rings. The number of hydrogen-bond acceptors (Lipinski definition) is 4. The molecule has 2 N–H and O–H groups in total. The Bertz CT molecular complexity index is 1020. The minimum absolute atomic E-state index is 0.245. The van der Waals surface area contributed by atoms with E-state index in [4.69, 9.17) is 9.47 Å². The first kappa shape index (κ1) is 17.1. The van der Waals surface area contributed by atoms with Crippen molar-refractivity contribution in [3.8, 4) is 11.5 Å². The molecule has 0 radical (unpaired) electrons. The van der Waals surface area contributed by atoms with Crippen LogP contribution in [0.4, 0.5) is 0 Å². The van der Waals surface area contributed by atoms with Crippen LogP contribution in [0, 0.1) is 6.92 Å². The van der Waals surface area contributed by atoms with Gasteiger partial charge in [-0.15, -0.1) is 0 Å².